The molecule has 3 N–H and O–H groups in total. The maximum atomic E-state index is 5.90. The van der Waals surface area contributed by atoms with Crippen molar-refractivity contribution in [3.05, 3.63) is 23.1 Å². The van der Waals surface area contributed by atoms with Crippen LogP contribution in [0.5, 0.6) is 0 Å². The molecule has 0 aliphatic heterocycles. The van der Waals surface area contributed by atoms with E-state index in [0.29, 0.717) is 17.7 Å². The summed E-state index contributed by atoms with van der Waals surface area (Å²) in [6, 6.07) is 1.82. The van der Waals surface area contributed by atoms with Gasteiger partial charge in [-0.05, 0) is 30.0 Å². The molecule has 1 aromatic rings. The molecular weight excluding hydrogens is 216 g/mol. The Kier molecular flexibility index (Phi) is 5.11. The largest absolute Gasteiger partial charge is 0.453 e. The van der Waals surface area contributed by atoms with E-state index in [-0.39, 0.29) is 6.04 Å². The number of furan rings is 1. The van der Waals surface area contributed by atoms with Gasteiger partial charge < -0.3 is 9.15 Å². The molecule has 0 saturated heterocycles. The van der Waals surface area contributed by atoms with Gasteiger partial charge in [-0.1, -0.05) is 6.92 Å². The fraction of sp³-hybridized carbons (Fsp3) is 0.600. The van der Waals surface area contributed by atoms with Crippen LogP contribution in [0.25, 0.3) is 0 Å². The number of nitrogens with two attached hydrogens (primary N) is 1. The lowest BCUT2D eigenvalue weighted by Gasteiger charge is -2.22. The molecule has 86 valence electrons. The summed E-state index contributed by atoms with van der Waals surface area (Å²) in [6.07, 6.45) is 2.47. The van der Waals surface area contributed by atoms with Gasteiger partial charge in [-0.2, -0.15) is 0 Å². The van der Waals surface area contributed by atoms with Crippen molar-refractivity contribution in [2.24, 2.45) is 11.8 Å². The average Bonchev–Trinajstić information content (AvgIpc) is 2.63. The first-order valence-electron chi connectivity index (χ1n) is 4.88. The van der Waals surface area contributed by atoms with Gasteiger partial charge in [0, 0.05) is 19.3 Å². The Bertz CT molecular complexity index is 291. The molecule has 1 aromatic heterocycles. The molecule has 0 radical (unpaired) electrons. The highest BCUT2D eigenvalue weighted by Gasteiger charge is 2.21. The summed E-state index contributed by atoms with van der Waals surface area (Å²) in [4.78, 5) is 0. The van der Waals surface area contributed by atoms with Crippen molar-refractivity contribution in [2.45, 2.75) is 19.4 Å². The Labute approximate surface area is 94.7 Å². The minimum absolute atomic E-state index is 0.00796. The quantitative estimate of drug-likeness (QED) is 0.583. The second-order valence-electron chi connectivity index (χ2n) is 3.55. The van der Waals surface area contributed by atoms with Gasteiger partial charge in [0.1, 0.15) is 0 Å². The van der Waals surface area contributed by atoms with E-state index in [1.807, 2.05) is 6.07 Å². The van der Waals surface area contributed by atoms with Crippen LogP contribution in [0.4, 0.5) is 0 Å². The van der Waals surface area contributed by atoms with Crippen molar-refractivity contribution in [3.63, 3.8) is 0 Å². The fourth-order valence-electron chi connectivity index (χ4n) is 1.56. The molecule has 0 saturated carbocycles. The molecule has 0 aromatic carbocycles. The van der Waals surface area contributed by atoms with Crippen molar-refractivity contribution in [1.82, 2.24) is 5.43 Å². The summed E-state index contributed by atoms with van der Waals surface area (Å²) in [5.41, 5.74) is 3.65. The van der Waals surface area contributed by atoms with E-state index >= 15 is 0 Å². The first-order chi connectivity index (χ1) is 7.20. The average molecular weight is 233 g/mol. The van der Waals surface area contributed by atoms with E-state index in [0.717, 1.165) is 12.0 Å². The number of hydrogen-bond acceptors (Lipinski definition) is 4. The van der Waals surface area contributed by atoms with Crippen molar-refractivity contribution in [2.75, 3.05) is 13.7 Å². The number of hydrazine groups is 1. The zero-order valence-corrected chi connectivity index (χ0v) is 9.75. The highest BCUT2D eigenvalue weighted by atomic mass is 35.5. The number of hydrogen-bond donors (Lipinski definition) is 2. The Morgan fingerprint density at radius 1 is 1.67 bits per heavy atom. The SMILES string of the molecule is COCCC(C)C(NN)c1ccoc1Cl. The zero-order valence-electron chi connectivity index (χ0n) is 9.00. The monoisotopic (exact) mass is 232 g/mol. The predicted molar refractivity (Wildman–Crippen MR) is 59.4 cm³/mol. The van der Waals surface area contributed by atoms with Gasteiger partial charge in [0.05, 0.1) is 12.3 Å². The van der Waals surface area contributed by atoms with E-state index in [1.165, 1.54) is 0 Å². The summed E-state index contributed by atoms with van der Waals surface area (Å²) in [5.74, 6) is 5.84. The van der Waals surface area contributed by atoms with Crippen molar-refractivity contribution in [1.29, 1.82) is 0 Å². The molecule has 15 heavy (non-hydrogen) atoms. The second-order valence-corrected chi connectivity index (χ2v) is 3.90. The standard InChI is InChI=1S/C10H17ClN2O2/c1-7(3-5-14-2)9(13-12)8-4-6-15-10(8)11/h4,6-7,9,13H,3,5,12H2,1-2H3. The van der Waals surface area contributed by atoms with Gasteiger partial charge in [-0.3, -0.25) is 11.3 Å². The molecular formula is C10H17ClN2O2. The van der Waals surface area contributed by atoms with Crippen LogP contribution in [0.1, 0.15) is 24.9 Å². The van der Waals surface area contributed by atoms with E-state index < -0.39 is 0 Å². The van der Waals surface area contributed by atoms with E-state index in [4.69, 9.17) is 26.6 Å². The molecule has 4 nitrogen and oxygen atoms in total. The first kappa shape index (κ1) is 12.5. The molecule has 2 atom stereocenters. The summed E-state index contributed by atoms with van der Waals surface area (Å²) in [7, 11) is 1.68. The molecule has 0 bridgehead atoms. The maximum Gasteiger partial charge on any atom is 0.197 e. The van der Waals surface area contributed by atoms with Crippen molar-refractivity contribution in [3.8, 4) is 0 Å². The Morgan fingerprint density at radius 2 is 2.40 bits per heavy atom. The third kappa shape index (κ3) is 3.21. The van der Waals surface area contributed by atoms with Gasteiger partial charge in [-0.15, -0.1) is 0 Å². The van der Waals surface area contributed by atoms with Gasteiger partial charge in [0.2, 0.25) is 0 Å². The fourth-order valence-corrected chi connectivity index (χ4v) is 1.79. The van der Waals surface area contributed by atoms with Crippen LogP contribution < -0.4 is 11.3 Å². The third-order valence-corrected chi connectivity index (χ3v) is 2.81. The summed E-state index contributed by atoms with van der Waals surface area (Å²) >= 11 is 5.90. The molecule has 0 amide bonds. The van der Waals surface area contributed by atoms with Crippen LogP contribution in [0.15, 0.2) is 16.7 Å². The van der Waals surface area contributed by atoms with Gasteiger partial charge in [-0.25, -0.2) is 0 Å². The summed E-state index contributed by atoms with van der Waals surface area (Å²) < 4.78 is 10.1. The van der Waals surface area contributed by atoms with Crippen LogP contribution in [0, 0.1) is 5.92 Å². The lowest BCUT2D eigenvalue weighted by Crippen LogP contribution is -2.32. The highest BCUT2D eigenvalue weighted by Crippen LogP contribution is 2.30. The predicted octanol–water partition coefficient (Wildman–Crippen LogP) is 2.11. The second kappa shape index (κ2) is 6.12. The molecule has 0 spiro atoms. The number of methoxy groups -OCH3 is 1. The summed E-state index contributed by atoms with van der Waals surface area (Å²) in [6.45, 7) is 2.79. The van der Waals surface area contributed by atoms with E-state index in [2.05, 4.69) is 12.3 Å². The number of nitrogens with one attached hydrogen (secondary N) is 1. The van der Waals surface area contributed by atoms with Gasteiger partial charge >= 0.3 is 0 Å². The minimum Gasteiger partial charge on any atom is -0.453 e. The maximum absolute atomic E-state index is 5.90. The lowest BCUT2D eigenvalue weighted by molar-refractivity contribution is 0.170. The highest BCUT2D eigenvalue weighted by molar-refractivity contribution is 6.29. The number of ether oxygens (including phenoxy) is 1. The molecule has 1 rings (SSSR count). The van der Waals surface area contributed by atoms with Crippen molar-refractivity contribution >= 4 is 11.6 Å². The minimum atomic E-state index is -0.00796. The van der Waals surface area contributed by atoms with Crippen LogP contribution in [0.2, 0.25) is 5.22 Å². The van der Waals surface area contributed by atoms with Crippen molar-refractivity contribution < 1.29 is 9.15 Å². The zero-order chi connectivity index (χ0) is 11.3. The number of rotatable bonds is 6. The lowest BCUT2D eigenvalue weighted by atomic mass is 9.94. The molecule has 1 heterocycles. The Morgan fingerprint density at radius 3 is 2.87 bits per heavy atom. The molecule has 0 aliphatic rings. The van der Waals surface area contributed by atoms with Crippen LogP contribution in [0.3, 0.4) is 0 Å². The Hall–Kier alpha value is -0.550. The smallest absolute Gasteiger partial charge is 0.197 e. The first-order valence-corrected chi connectivity index (χ1v) is 5.26. The van der Waals surface area contributed by atoms with Crippen LogP contribution in [-0.4, -0.2) is 13.7 Å². The van der Waals surface area contributed by atoms with E-state index in [1.54, 1.807) is 13.4 Å². The molecule has 0 aliphatic carbocycles. The third-order valence-electron chi connectivity index (χ3n) is 2.51. The van der Waals surface area contributed by atoms with Crippen LogP contribution >= 0.6 is 11.6 Å². The normalized spacial score (nSPS) is 15.2. The van der Waals surface area contributed by atoms with Crippen LogP contribution in [-0.2, 0) is 4.74 Å². The van der Waals surface area contributed by atoms with Gasteiger partial charge in [0.25, 0.3) is 0 Å². The van der Waals surface area contributed by atoms with E-state index in [9.17, 15) is 0 Å². The molecule has 2 unspecified atom stereocenters. The number of halogens is 1. The summed E-state index contributed by atoms with van der Waals surface area (Å²) in [5, 5.41) is 0.391. The Balaban J connectivity index is 2.67. The molecule has 5 heteroatoms. The topological polar surface area (TPSA) is 60.4 Å². The van der Waals surface area contributed by atoms with Gasteiger partial charge in [0.15, 0.2) is 5.22 Å². The molecule has 0 fully saturated rings.